The molecule has 7 nitrogen and oxygen atoms in total. The highest BCUT2D eigenvalue weighted by Gasteiger charge is 2.10. The first-order valence-corrected chi connectivity index (χ1v) is 10.2. The van der Waals surface area contributed by atoms with Crippen LogP contribution in [0.4, 0.5) is 21.9 Å². The molecule has 0 aliphatic rings. The molecule has 3 rings (SSSR count). The fraction of sp³-hybridized carbons (Fsp3) is 0.190. The van der Waals surface area contributed by atoms with Crippen LogP contribution in [0, 0.1) is 13.8 Å². The minimum Gasteiger partial charge on any atom is -0.361 e. The number of para-hydroxylation sites is 1. The monoisotopic (exact) mass is 410 g/mol. The summed E-state index contributed by atoms with van der Waals surface area (Å²) in [6, 6.07) is 15.8. The van der Waals surface area contributed by atoms with Gasteiger partial charge in [0.15, 0.2) is 0 Å². The quantitative estimate of drug-likeness (QED) is 0.520. The molecule has 2 aromatic carbocycles. The van der Waals surface area contributed by atoms with Gasteiger partial charge in [-0.25, -0.2) is 4.79 Å². The number of hydrogen-bond donors (Lipinski definition) is 3. The maximum Gasteiger partial charge on any atom is 0.323 e. The Bertz CT molecular complexity index is 969. The lowest BCUT2D eigenvalue weighted by Crippen LogP contribution is -2.19. The highest BCUT2D eigenvalue weighted by atomic mass is 32.2. The van der Waals surface area contributed by atoms with E-state index >= 15 is 0 Å². The molecule has 0 saturated heterocycles. The Hall–Kier alpha value is -3.26. The van der Waals surface area contributed by atoms with Gasteiger partial charge in [-0.3, -0.25) is 4.79 Å². The summed E-state index contributed by atoms with van der Waals surface area (Å²) in [6.07, 6.45) is 0. The van der Waals surface area contributed by atoms with Crippen LogP contribution in [0.2, 0.25) is 0 Å². The van der Waals surface area contributed by atoms with Crippen molar-refractivity contribution in [2.75, 3.05) is 21.7 Å². The Kier molecular flexibility index (Phi) is 6.91. The fourth-order valence-electron chi connectivity index (χ4n) is 2.64. The van der Waals surface area contributed by atoms with E-state index in [2.05, 4.69) is 21.1 Å². The van der Waals surface area contributed by atoms with E-state index in [1.807, 2.05) is 32.0 Å². The predicted molar refractivity (Wildman–Crippen MR) is 116 cm³/mol. The number of hydrogen-bond acceptors (Lipinski definition) is 5. The molecule has 0 saturated carbocycles. The third-order valence-corrected chi connectivity index (χ3v) is 5.06. The van der Waals surface area contributed by atoms with E-state index in [-0.39, 0.29) is 11.9 Å². The van der Waals surface area contributed by atoms with Gasteiger partial charge in [-0.15, -0.1) is 11.8 Å². The number of urea groups is 1. The maximum absolute atomic E-state index is 12.2. The van der Waals surface area contributed by atoms with E-state index in [4.69, 9.17) is 4.52 Å². The van der Waals surface area contributed by atoms with Crippen LogP contribution in [0.1, 0.15) is 17.0 Å². The first-order valence-electron chi connectivity index (χ1n) is 9.04. The predicted octanol–water partition coefficient (Wildman–Crippen LogP) is 4.81. The molecule has 150 valence electrons. The number of nitrogens with one attached hydrogen (secondary N) is 3. The zero-order chi connectivity index (χ0) is 20.6. The second-order valence-electron chi connectivity index (χ2n) is 6.37. The summed E-state index contributed by atoms with van der Waals surface area (Å²) < 4.78 is 5.13. The summed E-state index contributed by atoms with van der Waals surface area (Å²) in [7, 11) is 0. The van der Waals surface area contributed by atoms with Gasteiger partial charge in [0.1, 0.15) is 5.76 Å². The number of aromatic nitrogens is 1. The van der Waals surface area contributed by atoms with Gasteiger partial charge in [-0.05, 0) is 44.2 Å². The number of carbonyl (C=O) groups excluding carboxylic acids is 2. The van der Waals surface area contributed by atoms with E-state index in [0.717, 1.165) is 17.0 Å². The Morgan fingerprint density at radius 2 is 1.59 bits per heavy atom. The lowest BCUT2D eigenvalue weighted by molar-refractivity contribution is -0.113. The molecule has 0 aliphatic carbocycles. The lowest BCUT2D eigenvalue weighted by Gasteiger charge is -2.10. The molecule has 8 heteroatoms. The zero-order valence-corrected chi connectivity index (χ0v) is 17.0. The van der Waals surface area contributed by atoms with E-state index in [1.165, 1.54) is 11.8 Å². The highest BCUT2D eigenvalue weighted by Crippen LogP contribution is 2.20. The van der Waals surface area contributed by atoms with E-state index < -0.39 is 0 Å². The van der Waals surface area contributed by atoms with Gasteiger partial charge in [-0.2, -0.15) is 0 Å². The van der Waals surface area contributed by atoms with Gasteiger partial charge in [0.2, 0.25) is 5.91 Å². The van der Waals surface area contributed by atoms with Crippen molar-refractivity contribution in [2.45, 2.75) is 19.6 Å². The Morgan fingerprint density at radius 3 is 2.28 bits per heavy atom. The Balaban J connectivity index is 1.48. The van der Waals surface area contributed by atoms with Crippen LogP contribution >= 0.6 is 11.8 Å². The number of thioether (sulfide) groups is 1. The molecular weight excluding hydrogens is 388 g/mol. The van der Waals surface area contributed by atoms with Crippen LogP contribution in [0.3, 0.4) is 0 Å². The average Bonchev–Trinajstić information content (AvgIpc) is 3.01. The molecule has 0 aliphatic heterocycles. The number of amides is 3. The first-order chi connectivity index (χ1) is 14.0. The van der Waals surface area contributed by atoms with Crippen molar-refractivity contribution in [1.82, 2.24) is 5.16 Å². The fourth-order valence-corrected chi connectivity index (χ4v) is 3.62. The number of benzene rings is 2. The summed E-state index contributed by atoms with van der Waals surface area (Å²) in [5, 5.41) is 12.3. The standard InChI is InChI=1S/C21H22N4O3S/c1-14-19(15(2)28-25-14)12-29-13-20(26)22-17-9-6-10-18(11-17)24-21(27)23-16-7-4-3-5-8-16/h3-11H,12-13H2,1-2H3,(H,22,26)(H2,23,24,27). The van der Waals surface area contributed by atoms with Crippen molar-refractivity contribution in [3.63, 3.8) is 0 Å². The zero-order valence-electron chi connectivity index (χ0n) is 16.2. The number of rotatable bonds is 7. The van der Waals surface area contributed by atoms with Gasteiger partial charge < -0.3 is 20.5 Å². The summed E-state index contributed by atoms with van der Waals surface area (Å²) in [5.74, 6) is 1.63. The van der Waals surface area contributed by atoms with Gasteiger partial charge in [0, 0.05) is 28.4 Å². The Labute approximate surface area is 173 Å². The van der Waals surface area contributed by atoms with Crippen molar-refractivity contribution in [3.05, 3.63) is 71.6 Å². The van der Waals surface area contributed by atoms with Gasteiger partial charge in [0.05, 0.1) is 11.4 Å². The SMILES string of the molecule is Cc1noc(C)c1CSCC(=O)Nc1cccc(NC(=O)Nc2ccccc2)c1. The van der Waals surface area contributed by atoms with Gasteiger partial charge in [0.25, 0.3) is 0 Å². The third kappa shape index (κ3) is 6.11. The molecule has 3 N–H and O–H groups in total. The molecule has 0 atom stereocenters. The van der Waals surface area contributed by atoms with Crippen molar-refractivity contribution in [2.24, 2.45) is 0 Å². The second-order valence-corrected chi connectivity index (χ2v) is 7.36. The van der Waals surface area contributed by atoms with Crippen molar-refractivity contribution >= 4 is 40.8 Å². The molecule has 3 aromatic rings. The Morgan fingerprint density at radius 1 is 0.931 bits per heavy atom. The van der Waals surface area contributed by atoms with Crippen LogP contribution in [-0.2, 0) is 10.5 Å². The molecule has 0 bridgehead atoms. The summed E-state index contributed by atoms with van der Waals surface area (Å²) in [5.41, 5.74) is 3.77. The second kappa shape index (κ2) is 9.79. The molecule has 1 aromatic heterocycles. The van der Waals surface area contributed by atoms with Crippen LogP contribution in [0.5, 0.6) is 0 Å². The average molecular weight is 410 g/mol. The molecule has 1 heterocycles. The van der Waals surface area contributed by atoms with Crippen LogP contribution in [-0.4, -0.2) is 22.8 Å². The number of anilines is 3. The lowest BCUT2D eigenvalue weighted by atomic mass is 10.2. The van der Waals surface area contributed by atoms with Gasteiger partial charge in [-0.1, -0.05) is 29.4 Å². The molecule has 0 unspecified atom stereocenters. The number of carbonyl (C=O) groups is 2. The minimum atomic E-state index is -0.352. The van der Waals surface area contributed by atoms with Gasteiger partial charge >= 0.3 is 6.03 Å². The van der Waals surface area contributed by atoms with E-state index in [9.17, 15) is 9.59 Å². The summed E-state index contributed by atoms with van der Waals surface area (Å²) >= 11 is 1.49. The first kappa shape index (κ1) is 20.5. The number of aryl methyl sites for hydroxylation is 2. The normalized spacial score (nSPS) is 10.4. The molecule has 29 heavy (non-hydrogen) atoms. The third-order valence-electron chi connectivity index (χ3n) is 4.10. The molecule has 0 spiro atoms. The topological polar surface area (TPSA) is 96.3 Å². The van der Waals surface area contributed by atoms with Crippen LogP contribution in [0.25, 0.3) is 0 Å². The molecule has 0 radical (unpaired) electrons. The maximum atomic E-state index is 12.2. The van der Waals surface area contributed by atoms with Crippen molar-refractivity contribution in [1.29, 1.82) is 0 Å². The smallest absolute Gasteiger partial charge is 0.323 e. The highest BCUT2D eigenvalue weighted by molar-refractivity contribution is 7.99. The number of nitrogens with zero attached hydrogens (tertiary/aromatic N) is 1. The summed E-state index contributed by atoms with van der Waals surface area (Å²) in [6.45, 7) is 3.75. The summed E-state index contributed by atoms with van der Waals surface area (Å²) in [4.78, 5) is 24.3. The van der Waals surface area contributed by atoms with E-state index in [1.54, 1.807) is 36.4 Å². The minimum absolute atomic E-state index is 0.118. The van der Waals surface area contributed by atoms with Crippen molar-refractivity contribution in [3.8, 4) is 0 Å². The van der Waals surface area contributed by atoms with Crippen LogP contribution < -0.4 is 16.0 Å². The van der Waals surface area contributed by atoms with E-state index in [0.29, 0.717) is 28.6 Å². The van der Waals surface area contributed by atoms with Crippen LogP contribution in [0.15, 0.2) is 59.1 Å². The molecular formula is C21H22N4O3S. The molecule has 0 fully saturated rings. The largest absolute Gasteiger partial charge is 0.361 e. The van der Waals surface area contributed by atoms with Crippen molar-refractivity contribution < 1.29 is 14.1 Å². The molecule has 3 amide bonds.